The van der Waals surface area contributed by atoms with Gasteiger partial charge in [-0.2, -0.15) is 0 Å². The van der Waals surface area contributed by atoms with Gasteiger partial charge in [0.05, 0.1) is 5.75 Å². The molecule has 0 saturated heterocycles. The van der Waals surface area contributed by atoms with Gasteiger partial charge >= 0.3 is 0 Å². The normalized spacial score (nSPS) is 10.3. The number of hydrazine groups is 1. The predicted molar refractivity (Wildman–Crippen MR) is 71.9 cm³/mol. The van der Waals surface area contributed by atoms with E-state index in [0.29, 0.717) is 11.5 Å². The zero-order valence-electron chi connectivity index (χ0n) is 9.22. The Kier molecular flexibility index (Phi) is 4.40. The molecule has 7 heteroatoms. The molecular weight excluding hydrogens is 318 g/mol. The molecular formula is C11H10BrN3O2S. The number of aromatic nitrogens is 1. The van der Waals surface area contributed by atoms with Crippen molar-refractivity contribution in [3.05, 3.63) is 46.3 Å². The van der Waals surface area contributed by atoms with Crippen molar-refractivity contribution in [3.8, 4) is 0 Å². The first-order valence-electron chi connectivity index (χ1n) is 5.04. The summed E-state index contributed by atoms with van der Waals surface area (Å²) >= 11 is 5.00. The number of carbonyl (C=O) groups is 1. The average molecular weight is 328 g/mol. The minimum absolute atomic E-state index is 0.183. The molecule has 3 N–H and O–H groups in total. The number of hydrogen-bond acceptors (Lipinski definition) is 5. The van der Waals surface area contributed by atoms with Gasteiger partial charge in [-0.15, -0.1) is 11.8 Å². The lowest BCUT2D eigenvalue weighted by atomic mass is 10.4. The standard InChI is InChI=1S/C11H10BrN3O2S/c12-7-2-1-3-9(4-7)18-6-8-5-10(15-17-8)11(16)14-13/h1-5H,6,13H2,(H,14,16). The lowest BCUT2D eigenvalue weighted by molar-refractivity contribution is 0.0944. The molecule has 1 aromatic carbocycles. The zero-order chi connectivity index (χ0) is 13.0. The fourth-order valence-electron chi connectivity index (χ4n) is 1.27. The molecule has 2 aromatic rings. The third kappa shape index (κ3) is 3.34. The van der Waals surface area contributed by atoms with Crippen molar-refractivity contribution in [2.45, 2.75) is 10.6 Å². The quantitative estimate of drug-likeness (QED) is 0.390. The van der Waals surface area contributed by atoms with Crippen LogP contribution in [0.3, 0.4) is 0 Å². The minimum Gasteiger partial charge on any atom is -0.360 e. The highest BCUT2D eigenvalue weighted by atomic mass is 79.9. The lowest BCUT2D eigenvalue weighted by Gasteiger charge is -1.98. The molecule has 0 aliphatic rings. The Hall–Kier alpha value is -1.31. The first kappa shape index (κ1) is 13.1. The number of thioether (sulfide) groups is 1. The maximum atomic E-state index is 11.2. The van der Waals surface area contributed by atoms with Crippen LogP contribution in [0, 0.1) is 0 Å². The summed E-state index contributed by atoms with van der Waals surface area (Å²) in [7, 11) is 0. The highest BCUT2D eigenvalue weighted by Gasteiger charge is 2.11. The van der Waals surface area contributed by atoms with Gasteiger partial charge in [0.1, 0.15) is 5.76 Å². The topological polar surface area (TPSA) is 81.1 Å². The van der Waals surface area contributed by atoms with Gasteiger partial charge in [0.25, 0.3) is 5.91 Å². The van der Waals surface area contributed by atoms with Crippen molar-refractivity contribution in [2.24, 2.45) is 5.84 Å². The second-order valence-electron chi connectivity index (χ2n) is 3.40. The number of carbonyl (C=O) groups excluding carboxylic acids is 1. The number of hydrogen-bond donors (Lipinski definition) is 2. The van der Waals surface area contributed by atoms with Crippen molar-refractivity contribution in [1.29, 1.82) is 0 Å². The maximum absolute atomic E-state index is 11.2. The smallest absolute Gasteiger partial charge is 0.287 e. The van der Waals surface area contributed by atoms with Gasteiger partial charge in [0.15, 0.2) is 5.69 Å². The lowest BCUT2D eigenvalue weighted by Crippen LogP contribution is -2.30. The summed E-state index contributed by atoms with van der Waals surface area (Å²) in [5.74, 6) is 5.76. The molecule has 1 aromatic heterocycles. The van der Waals surface area contributed by atoms with Gasteiger partial charge in [0.2, 0.25) is 0 Å². The van der Waals surface area contributed by atoms with E-state index in [4.69, 9.17) is 10.4 Å². The molecule has 94 valence electrons. The number of nitrogen functional groups attached to an aromatic ring is 1. The Morgan fingerprint density at radius 2 is 2.33 bits per heavy atom. The highest BCUT2D eigenvalue weighted by molar-refractivity contribution is 9.10. The number of nitrogens with one attached hydrogen (secondary N) is 1. The highest BCUT2D eigenvalue weighted by Crippen LogP contribution is 2.25. The van der Waals surface area contributed by atoms with Gasteiger partial charge in [-0.3, -0.25) is 10.2 Å². The predicted octanol–water partition coefficient (Wildman–Crippen LogP) is 2.33. The van der Waals surface area contributed by atoms with Crippen molar-refractivity contribution < 1.29 is 9.32 Å². The minimum atomic E-state index is -0.461. The third-order valence-corrected chi connectivity index (χ3v) is 3.61. The number of amides is 1. The molecule has 0 spiro atoms. The Bertz CT molecular complexity index is 559. The summed E-state index contributed by atoms with van der Waals surface area (Å²) in [6.45, 7) is 0. The Labute approximate surface area is 116 Å². The Morgan fingerprint density at radius 3 is 3.06 bits per heavy atom. The largest absolute Gasteiger partial charge is 0.360 e. The molecule has 18 heavy (non-hydrogen) atoms. The van der Waals surface area contributed by atoms with Crippen LogP contribution >= 0.6 is 27.7 Å². The number of nitrogens with zero attached hydrogens (tertiary/aromatic N) is 1. The summed E-state index contributed by atoms with van der Waals surface area (Å²) in [5.41, 5.74) is 2.18. The van der Waals surface area contributed by atoms with E-state index in [1.54, 1.807) is 17.8 Å². The van der Waals surface area contributed by atoms with Gasteiger partial charge in [-0.1, -0.05) is 27.2 Å². The molecule has 1 heterocycles. The van der Waals surface area contributed by atoms with E-state index in [2.05, 4.69) is 21.1 Å². The summed E-state index contributed by atoms with van der Waals surface area (Å²) in [4.78, 5) is 12.3. The molecule has 0 aliphatic heterocycles. The van der Waals surface area contributed by atoms with Gasteiger partial charge in [-0.25, -0.2) is 5.84 Å². The van der Waals surface area contributed by atoms with Crippen LogP contribution in [0.2, 0.25) is 0 Å². The molecule has 1 amide bonds. The van der Waals surface area contributed by atoms with Crippen molar-refractivity contribution in [1.82, 2.24) is 10.6 Å². The van der Waals surface area contributed by atoms with Gasteiger partial charge in [-0.05, 0) is 18.2 Å². The van der Waals surface area contributed by atoms with E-state index < -0.39 is 5.91 Å². The van der Waals surface area contributed by atoms with Crippen LogP contribution in [0.15, 0.2) is 44.2 Å². The van der Waals surface area contributed by atoms with Crippen molar-refractivity contribution in [3.63, 3.8) is 0 Å². The molecule has 0 unspecified atom stereocenters. The summed E-state index contributed by atoms with van der Waals surface area (Å²) < 4.78 is 6.06. The van der Waals surface area contributed by atoms with E-state index in [0.717, 1.165) is 9.37 Å². The molecule has 0 saturated carbocycles. The number of halogens is 1. The van der Waals surface area contributed by atoms with E-state index >= 15 is 0 Å². The fourth-order valence-corrected chi connectivity index (χ4v) is 2.65. The van der Waals surface area contributed by atoms with Crippen LogP contribution in [-0.4, -0.2) is 11.1 Å². The van der Waals surface area contributed by atoms with Crippen molar-refractivity contribution >= 4 is 33.6 Å². The number of nitrogens with two attached hydrogens (primary N) is 1. The second kappa shape index (κ2) is 6.03. The number of benzene rings is 1. The van der Waals surface area contributed by atoms with E-state index in [1.165, 1.54) is 0 Å². The summed E-state index contributed by atoms with van der Waals surface area (Å²) in [5, 5.41) is 3.63. The molecule has 0 atom stereocenters. The fraction of sp³-hybridized carbons (Fsp3) is 0.0909. The summed E-state index contributed by atoms with van der Waals surface area (Å²) in [6.07, 6.45) is 0. The average Bonchev–Trinajstić information content (AvgIpc) is 2.84. The Morgan fingerprint density at radius 1 is 1.50 bits per heavy atom. The van der Waals surface area contributed by atoms with Crippen LogP contribution in [0.5, 0.6) is 0 Å². The van der Waals surface area contributed by atoms with E-state index in [9.17, 15) is 4.79 Å². The first-order chi connectivity index (χ1) is 8.69. The Balaban J connectivity index is 1.98. The van der Waals surface area contributed by atoms with E-state index in [1.807, 2.05) is 29.7 Å². The maximum Gasteiger partial charge on any atom is 0.287 e. The van der Waals surface area contributed by atoms with Crippen LogP contribution < -0.4 is 11.3 Å². The van der Waals surface area contributed by atoms with Crippen LogP contribution in [0.25, 0.3) is 0 Å². The summed E-state index contributed by atoms with van der Waals surface area (Å²) in [6, 6.07) is 9.50. The third-order valence-electron chi connectivity index (χ3n) is 2.10. The van der Waals surface area contributed by atoms with Gasteiger partial charge in [0, 0.05) is 15.4 Å². The zero-order valence-corrected chi connectivity index (χ0v) is 11.6. The van der Waals surface area contributed by atoms with Crippen LogP contribution in [0.1, 0.15) is 16.2 Å². The molecule has 0 fully saturated rings. The number of rotatable bonds is 4. The molecule has 2 rings (SSSR count). The van der Waals surface area contributed by atoms with Crippen LogP contribution in [0.4, 0.5) is 0 Å². The van der Waals surface area contributed by atoms with Crippen LogP contribution in [-0.2, 0) is 5.75 Å². The molecule has 0 radical (unpaired) electrons. The molecule has 0 aliphatic carbocycles. The molecule has 0 bridgehead atoms. The monoisotopic (exact) mass is 327 g/mol. The van der Waals surface area contributed by atoms with Gasteiger partial charge < -0.3 is 4.52 Å². The van der Waals surface area contributed by atoms with Crippen molar-refractivity contribution in [2.75, 3.05) is 0 Å². The van der Waals surface area contributed by atoms with E-state index in [-0.39, 0.29) is 5.69 Å². The molecule has 5 nitrogen and oxygen atoms in total. The SMILES string of the molecule is NNC(=O)c1cc(CSc2cccc(Br)c2)on1. The second-order valence-corrected chi connectivity index (χ2v) is 5.36. The first-order valence-corrected chi connectivity index (χ1v) is 6.82.